The summed E-state index contributed by atoms with van der Waals surface area (Å²) in [5, 5.41) is 0. The summed E-state index contributed by atoms with van der Waals surface area (Å²) in [6.07, 6.45) is -0.0258. The highest BCUT2D eigenvalue weighted by atomic mass is 16.6. The Morgan fingerprint density at radius 1 is 1.33 bits per heavy atom. The summed E-state index contributed by atoms with van der Waals surface area (Å²) in [6, 6.07) is 0. The second kappa shape index (κ2) is 5.70. The van der Waals surface area contributed by atoms with Crippen LogP contribution in [-0.2, 0) is 9.53 Å². The molecule has 0 aliphatic rings. The minimum Gasteiger partial charge on any atom is -0.443 e. The van der Waals surface area contributed by atoms with Crippen LogP contribution in [0, 0.1) is 0 Å². The van der Waals surface area contributed by atoms with Crippen molar-refractivity contribution in [2.45, 2.75) is 39.7 Å². The topological polar surface area (TPSA) is 72.6 Å². The van der Waals surface area contributed by atoms with Gasteiger partial charge in [-0.05, 0) is 33.7 Å². The SMILES string of the molecule is CC(=O)N(CCCN)C(=O)OC(C)(C)C. The molecule has 0 aliphatic heterocycles. The number of carbonyl (C=O) groups excluding carboxylic acids is 2. The Balaban J connectivity index is 4.36. The monoisotopic (exact) mass is 216 g/mol. The van der Waals surface area contributed by atoms with Gasteiger partial charge in [-0.25, -0.2) is 9.69 Å². The number of rotatable bonds is 3. The fraction of sp³-hybridized carbons (Fsp3) is 0.800. The minimum atomic E-state index is -0.608. The molecule has 2 N–H and O–H groups in total. The van der Waals surface area contributed by atoms with Crippen molar-refractivity contribution in [1.29, 1.82) is 0 Å². The first-order chi connectivity index (χ1) is 6.78. The smallest absolute Gasteiger partial charge is 0.417 e. The molecular formula is C10H20N2O3. The minimum absolute atomic E-state index is 0.306. The number of nitrogens with zero attached hydrogens (tertiary/aromatic N) is 1. The number of carbonyl (C=O) groups is 2. The second-order valence-corrected chi connectivity index (χ2v) is 4.29. The van der Waals surface area contributed by atoms with Gasteiger partial charge in [-0.3, -0.25) is 4.79 Å². The van der Waals surface area contributed by atoms with Gasteiger partial charge in [0.15, 0.2) is 0 Å². The molecule has 0 atom stereocenters. The van der Waals surface area contributed by atoms with E-state index in [1.165, 1.54) is 6.92 Å². The van der Waals surface area contributed by atoms with Crippen LogP contribution < -0.4 is 5.73 Å². The average molecular weight is 216 g/mol. The van der Waals surface area contributed by atoms with Crippen molar-refractivity contribution < 1.29 is 14.3 Å². The van der Waals surface area contributed by atoms with E-state index >= 15 is 0 Å². The van der Waals surface area contributed by atoms with Crippen LogP contribution in [0.2, 0.25) is 0 Å². The molecule has 5 heteroatoms. The van der Waals surface area contributed by atoms with Crippen molar-refractivity contribution >= 4 is 12.0 Å². The first kappa shape index (κ1) is 13.9. The van der Waals surface area contributed by atoms with Crippen molar-refractivity contribution in [3.63, 3.8) is 0 Å². The first-order valence-electron chi connectivity index (χ1n) is 4.99. The van der Waals surface area contributed by atoms with E-state index in [2.05, 4.69) is 0 Å². The van der Waals surface area contributed by atoms with Crippen molar-refractivity contribution in [2.24, 2.45) is 5.73 Å². The van der Waals surface area contributed by atoms with Gasteiger partial charge < -0.3 is 10.5 Å². The third-order valence-corrected chi connectivity index (χ3v) is 1.58. The maximum Gasteiger partial charge on any atom is 0.417 e. The van der Waals surface area contributed by atoms with Gasteiger partial charge in [0.05, 0.1) is 0 Å². The van der Waals surface area contributed by atoms with E-state index in [1.54, 1.807) is 20.8 Å². The molecule has 0 bridgehead atoms. The Hall–Kier alpha value is -1.10. The third kappa shape index (κ3) is 6.06. The lowest BCUT2D eigenvalue weighted by Crippen LogP contribution is -2.40. The Bertz CT molecular complexity index is 233. The van der Waals surface area contributed by atoms with Gasteiger partial charge in [-0.2, -0.15) is 0 Å². The molecule has 0 aliphatic carbocycles. The lowest BCUT2D eigenvalue weighted by molar-refractivity contribution is -0.128. The number of amides is 2. The Morgan fingerprint density at radius 3 is 2.20 bits per heavy atom. The summed E-state index contributed by atoms with van der Waals surface area (Å²) >= 11 is 0. The third-order valence-electron chi connectivity index (χ3n) is 1.58. The fourth-order valence-electron chi connectivity index (χ4n) is 0.944. The molecule has 0 radical (unpaired) electrons. The molecule has 0 saturated heterocycles. The standard InChI is InChI=1S/C10H20N2O3/c1-8(13)12(7-5-6-11)9(14)15-10(2,3)4/h5-7,11H2,1-4H3. The quantitative estimate of drug-likeness (QED) is 0.767. The van der Waals surface area contributed by atoms with E-state index in [4.69, 9.17) is 10.5 Å². The zero-order valence-electron chi connectivity index (χ0n) is 9.87. The van der Waals surface area contributed by atoms with E-state index < -0.39 is 11.7 Å². The van der Waals surface area contributed by atoms with Gasteiger partial charge in [0.1, 0.15) is 5.60 Å². The van der Waals surface area contributed by atoms with Gasteiger partial charge in [0, 0.05) is 13.5 Å². The summed E-state index contributed by atoms with van der Waals surface area (Å²) < 4.78 is 5.08. The first-order valence-corrected chi connectivity index (χ1v) is 4.99. The van der Waals surface area contributed by atoms with E-state index in [0.717, 1.165) is 4.90 Å². The molecular weight excluding hydrogens is 196 g/mol. The molecule has 5 nitrogen and oxygen atoms in total. The molecule has 2 amide bonds. The molecule has 0 fully saturated rings. The Kier molecular flexibility index (Phi) is 5.28. The number of hydrogen-bond acceptors (Lipinski definition) is 4. The van der Waals surface area contributed by atoms with Crippen LogP contribution >= 0.6 is 0 Å². The number of nitrogens with two attached hydrogens (primary N) is 1. The van der Waals surface area contributed by atoms with Crippen LogP contribution in [-0.4, -0.2) is 35.6 Å². The molecule has 0 aromatic carbocycles. The zero-order chi connectivity index (χ0) is 12.1. The summed E-state index contributed by atoms with van der Waals surface area (Å²) in [5.41, 5.74) is 4.72. The molecule has 0 spiro atoms. The molecule has 88 valence electrons. The Labute approximate surface area is 90.6 Å². The lowest BCUT2D eigenvalue weighted by Gasteiger charge is -2.25. The molecule has 0 aromatic rings. The van der Waals surface area contributed by atoms with Crippen LogP contribution in [0.15, 0.2) is 0 Å². The van der Waals surface area contributed by atoms with Crippen LogP contribution in [0.25, 0.3) is 0 Å². The second-order valence-electron chi connectivity index (χ2n) is 4.29. The summed E-state index contributed by atoms with van der Waals surface area (Å²) in [4.78, 5) is 23.8. The zero-order valence-corrected chi connectivity index (χ0v) is 9.87. The maximum atomic E-state index is 11.5. The summed E-state index contributed by atoms with van der Waals surface area (Å²) in [6.45, 7) is 7.35. The van der Waals surface area contributed by atoms with Crippen LogP contribution in [0.1, 0.15) is 34.1 Å². The van der Waals surface area contributed by atoms with E-state index in [9.17, 15) is 9.59 Å². The van der Waals surface area contributed by atoms with Crippen LogP contribution in [0.3, 0.4) is 0 Å². The van der Waals surface area contributed by atoms with Gasteiger partial charge in [-0.1, -0.05) is 0 Å². The summed E-state index contributed by atoms with van der Waals surface area (Å²) in [5.74, 6) is -0.322. The van der Waals surface area contributed by atoms with E-state index in [1.807, 2.05) is 0 Å². The largest absolute Gasteiger partial charge is 0.443 e. The molecule has 0 aromatic heterocycles. The molecule has 0 unspecified atom stereocenters. The fourth-order valence-corrected chi connectivity index (χ4v) is 0.944. The van der Waals surface area contributed by atoms with Crippen molar-refractivity contribution in [3.05, 3.63) is 0 Å². The highest BCUT2D eigenvalue weighted by Gasteiger charge is 2.24. The Morgan fingerprint density at radius 2 is 1.87 bits per heavy atom. The highest BCUT2D eigenvalue weighted by molar-refractivity contribution is 5.90. The van der Waals surface area contributed by atoms with Crippen molar-refractivity contribution in [1.82, 2.24) is 4.90 Å². The maximum absolute atomic E-state index is 11.5. The highest BCUT2D eigenvalue weighted by Crippen LogP contribution is 2.10. The lowest BCUT2D eigenvalue weighted by atomic mass is 10.2. The molecule has 0 saturated carbocycles. The van der Waals surface area contributed by atoms with E-state index in [0.29, 0.717) is 19.5 Å². The van der Waals surface area contributed by atoms with E-state index in [-0.39, 0.29) is 5.91 Å². The predicted octanol–water partition coefficient (Wildman–Crippen LogP) is 1.12. The number of ether oxygens (including phenoxy) is 1. The van der Waals surface area contributed by atoms with Gasteiger partial charge in [0.2, 0.25) is 5.91 Å². The van der Waals surface area contributed by atoms with Crippen LogP contribution in [0.4, 0.5) is 4.79 Å². The van der Waals surface area contributed by atoms with Gasteiger partial charge in [-0.15, -0.1) is 0 Å². The number of imide groups is 1. The number of hydrogen-bond donors (Lipinski definition) is 1. The van der Waals surface area contributed by atoms with Crippen molar-refractivity contribution in [2.75, 3.05) is 13.1 Å². The average Bonchev–Trinajstić information content (AvgIpc) is 2.00. The van der Waals surface area contributed by atoms with Crippen molar-refractivity contribution in [3.8, 4) is 0 Å². The van der Waals surface area contributed by atoms with Gasteiger partial charge >= 0.3 is 6.09 Å². The normalized spacial score (nSPS) is 11.0. The molecule has 0 heterocycles. The molecule has 15 heavy (non-hydrogen) atoms. The van der Waals surface area contributed by atoms with Crippen LogP contribution in [0.5, 0.6) is 0 Å². The van der Waals surface area contributed by atoms with Gasteiger partial charge in [0.25, 0.3) is 0 Å². The molecule has 0 rings (SSSR count). The summed E-state index contributed by atoms with van der Waals surface area (Å²) in [7, 11) is 0. The predicted molar refractivity (Wildman–Crippen MR) is 57.3 cm³/mol.